The van der Waals surface area contributed by atoms with Gasteiger partial charge >= 0.3 is 0 Å². The van der Waals surface area contributed by atoms with E-state index in [1.165, 1.54) is 12.1 Å². The molecule has 0 aliphatic heterocycles. The van der Waals surface area contributed by atoms with E-state index in [1.807, 2.05) is 0 Å². The average Bonchev–Trinajstić information content (AvgIpc) is 2.26. The molecule has 0 radical (unpaired) electrons. The Balaban J connectivity index is 3.08. The molecular weight excluding hydrogens is 263 g/mol. The molecule has 0 aromatic heterocycles. The zero-order valence-electron chi connectivity index (χ0n) is 12.2. The van der Waals surface area contributed by atoms with Gasteiger partial charge < -0.3 is 5.73 Å². The maximum atomic E-state index is 13.5. The maximum Gasteiger partial charge on any atom is 0.125 e. The van der Waals surface area contributed by atoms with Crippen molar-refractivity contribution >= 4 is 11.6 Å². The van der Waals surface area contributed by atoms with Crippen LogP contribution in [0.3, 0.4) is 0 Å². The number of rotatable bonds is 6. The molecule has 0 aliphatic carbocycles. The van der Waals surface area contributed by atoms with Crippen molar-refractivity contribution in [3.05, 3.63) is 34.6 Å². The van der Waals surface area contributed by atoms with Gasteiger partial charge in [0.2, 0.25) is 0 Å². The lowest BCUT2D eigenvalue weighted by atomic mass is 10.0. The summed E-state index contributed by atoms with van der Waals surface area (Å²) in [6, 6.07) is 4.99. The van der Waals surface area contributed by atoms with Crippen LogP contribution >= 0.6 is 11.6 Å². The van der Waals surface area contributed by atoms with E-state index >= 15 is 0 Å². The van der Waals surface area contributed by atoms with E-state index in [2.05, 4.69) is 32.6 Å². The zero-order chi connectivity index (χ0) is 14.6. The van der Waals surface area contributed by atoms with Gasteiger partial charge in [0.05, 0.1) is 0 Å². The van der Waals surface area contributed by atoms with E-state index in [0.717, 1.165) is 12.1 Å². The molecule has 0 saturated heterocycles. The minimum absolute atomic E-state index is 0.00407. The largest absolute Gasteiger partial charge is 0.329 e. The standard InChI is InChI=1S/C15H24ClFN2/c1-10(2)9-19(11(3)4)15(8-18)12-5-13(16)7-14(17)6-12/h5-7,10-11,15H,8-9,18H2,1-4H3. The molecule has 0 aliphatic rings. The van der Waals surface area contributed by atoms with E-state index in [1.54, 1.807) is 6.07 Å². The average molecular weight is 287 g/mol. The summed E-state index contributed by atoms with van der Waals surface area (Å²) in [5.74, 6) is 0.217. The fourth-order valence-corrected chi connectivity index (χ4v) is 2.58. The fourth-order valence-electron chi connectivity index (χ4n) is 2.35. The molecule has 1 atom stereocenters. The molecule has 108 valence electrons. The SMILES string of the molecule is CC(C)CN(C(C)C)C(CN)c1cc(F)cc(Cl)c1. The summed E-state index contributed by atoms with van der Waals surface area (Å²) in [7, 11) is 0. The van der Waals surface area contributed by atoms with Crippen molar-refractivity contribution in [2.75, 3.05) is 13.1 Å². The summed E-state index contributed by atoms with van der Waals surface area (Å²) < 4.78 is 13.5. The van der Waals surface area contributed by atoms with Crippen LogP contribution in [0.15, 0.2) is 18.2 Å². The van der Waals surface area contributed by atoms with Gasteiger partial charge in [-0.3, -0.25) is 4.90 Å². The summed E-state index contributed by atoms with van der Waals surface area (Å²) >= 11 is 5.94. The van der Waals surface area contributed by atoms with Gasteiger partial charge in [-0.25, -0.2) is 4.39 Å². The van der Waals surface area contributed by atoms with Gasteiger partial charge in [-0.1, -0.05) is 25.4 Å². The second kappa shape index (κ2) is 7.22. The number of nitrogens with zero attached hydrogens (tertiary/aromatic N) is 1. The Labute approximate surface area is 120 Å². The van der Waals surface area contributed by atoms with Crippen molar-refractivity contribution in [2.45, 2.75) is 39.8 Å². The lowest BCUT2D eigenvalue weighted by molar-refractivity contribution is 0.138. The molecular formula is C15H24ClFN2. The summed E-state index contributed by atoms with van der Waals surface area (Å²) in [4.78, 5) is 2.30. The highest BCUT2D eigenvalue weighted by molar-refractivity contribution is 6.30. The summed E-state index contributed by atoms with van der Waals surface area (Å²) in [5.41, 5.74) is 6.76. The van der Waals surface area contributed by atoms with Crippen LogP contribution in [-0.2, 0) is 0 Å². The van der Waals surface area contributed by atoms with Gasteiger partial charge in [0.15, 0.2) is 0 Å². The topological polar surface area (TPSA) is 29.3 Å². The van der Waals surface area contributed by atoms with Crippen molar-refractivity contribution in [3.8, 4) is 0 Å². The minimum atomic E-state index is -0.311. The molecule has 4 heteroatoms. The lowest BCUT2D eigenvalue weighted by Crippen LogP contribution is -2.40. The van der Waals surface area contributed by atoms with Gasteiger partial charge in [0.1, 0.15) is 5.82 Å². The normalized spacial score (nSPS) is 13.6. The van der Waals surface area contributed by atoms with Gasteiger partial charge in [-0.05, 0) is 43.5 Å². The Hall–Kier alpha value is -0.640. The molecule has 0 fully saturated rings. The smallest absolute Gasteiger partial charge is 0.125 e. The first-order valence-electron chi connectivity index (χ1n) is 6.77. The Morgan fingerprint density at radius 2 is 1.84 bits per heavy atom. The van der Waals surface area contributed by atoms with Crippen LogP contribution < -0.4 is 5.73 Å². The van der Waals surface area contributed by atoms with Crippen LogP contribution in [0.5, 0.6) is 0 Å². The number of hydrogen-bond acceptors (Lipinski definition) is 2. The van der Waals surface area contributed by atoms with Crippen LogP contribution in [0.2, 0.25) is 5.02 Å². The number of benzene rings is 1. The quantitative estimate of drug-likeness (QED) is 0.861. The Morgan fingerprint density at radius 1 is 1.21 bits per heavy atom. The number of hydrogen-bond donors (Lipinski definition) is 1. The lowest BCUT2D eigenvalue weighted by Gasteiger charge is -2.36. The third-order valence-electron chi connectivity index (χ3n) is 3.13. The summed E-state index contributed by atoms with van der Waals surface area (Å²) in [6.07, 6.45) is 0. The van der Waals surface area contributed by atoms with Crippen LogP contribution in [0.1, 0.15) is 39.3 Å². The third-order valence-corrected chi connectivity index (χ3v) is 3.35. The van der Waals surface area contributed by atoms with E-state index in [-0.39, 0.29) is 11.9 Å². The maximum absolute atomic E-state index is 13.5. The monoisotopic (exact) mass is 286 g/mol. The molecule has 1 rings (SSSR count). The highest BCUT2D eigenvalue weighted by Gasteiger charge is 2.23. The van der Waals surface area contributed by atoms with Crippen molar-refractivity contribution < 1.29 is 4.39 Å². The number of halogens is 2. The van der Waals surface area contributed by atoms with Crippen molar-refractivity contribution in [3.63, 3.8) is 0 Å². The molecule has 0 saturated carbocycles. The van der Waals surface area contributed by atoms with Gasteiger partial charge in [0.25, 0.3) is 0 Å². The second-order valence-corrected chi connectivity index (χ2v) is 6.08. The molecule has 1 aromatic rings. The first kappa shape index (κ1) is 16.4. The van der Waals surface area contributed by atoms with Gasteiger partial charge in [-0.2, -0.15) is 0 Å². The van der Waals surface area contributed by atoms with Gasteiger partial charge in [0, 0.05) is 30.2 Å². The molecule has 0 bridgehead atoms. The first-order chi connectivity index (χ1) is 8.85. The fraction of sp³-hybridized carbons (Fsp3) is 0.600. The van der Waals surface area contributed by atoms with E-state index in [4.69, 9.17) is 17.3 Å². The second-order valence-electron chi connectivity index (χ2n) is 5.64. The van der Waals surface area contributed by atoms with E-state index < -0.39 is 0 Å². The predicted molar refractivity (Wildman–Crippen MR) is 79.9 cm³/mol. The molecule has 1 aromatic carbocycles. The summed E-state index contributed by atoms with van der Waals surface area (Å²) in [6.45, 7) is 9.97. The highest BCUT2D eigenvalue weighted by atomic mass is 35.5. The highest BCUT2D eigenvalue weighted by Crippen LogP contribution is 2.26. The minimum Gasteiger partial charge on any atom is -0.329 e. The van der Waals surface area contributed by atoms with E-state index in [9.17, 15) is 4.39 Å². The van der Waals surface area contributed by atoms with Crippen LogP contribution in [0.25, 0.3) is 0 Å². The Morgan fingerprint density at radius 3 is 2.26 bits per heavy atom. The molecule has 0 spiro atoms. The zero-order valence-corrected chi connectivity index (χ0v) is 12.9. The van der Waals surface area contributed by atoms with Crippen molar-refractivity contribution in [2.24, 2.45) is 11.7 Å². The third kappa shape index (κ3) is 4.75. The van der Waals surface area contributed by atoms with Crippen LogP contribution in [0, 0.1) is 11.7 Å². The molecule has 19 heavy (non-hydrogen) atoms. The molecule has 0 amide bonds. The Kier molecular flexibility index (Phi) is 6.24. The van der Waals surface area contributed by atoms with E-state index in [0.29, 0.717) is 23.5 Å². The number of nitrogens with two attached hydrogens (primary N) is 1. The molecule has 1 unspecified atom stereocenters. The van der Waals surface area contributed by atoms with Crippen LogP contribution in [-0.4, -0.2) is 24.0 Å². The van der Waals surface area contributed by atoms with Gasteiger partial charge in [-0.15, -0.1) is 0 Å². The Bertz CT molecular complexity index is 387. The molecule has 0 heterocycles. The summed E-state index contributed by atoms with van der Waals surface area (Å²) in [5, 5.41) is 0.418. The first-order valence-corrected chi connectivity index (χ1v) is 7.14. The molecule has 2 N–H and O–H groups in total. The van der Waals surface area contributed by atoms with Crippen molar-refractivity contribution in [1.82, 2.24) is 4.90 Å². The predicted octanol–water partition coefficient (Wildman–Crippen LogP) is 3.85. The molecule has 2 nitrogen and oxygen atoms in total. The van der Waals surface area contributed by atoms with Crippen molar-refractivity contribution in [1.29, 1.82) is 0 Å². The van der Waals surface area contributed by atoms with Crippen LogP contribution in [0.4, 0.5) is 4.39 Å².